The fraction of sp³-hybridized carbons (Fsp3) is 0.667. The summed E-state index contributed by atoms with van der Waals surface area (Å²) in [5, 5.41) is 0. The van der Waals surface area contributed by atoms with Gasteiger partial charge in [0.1, 0.15) is 0 Å². The Morgan fingerprint density at radius 2 is 2.17 bits per heavy atom. The molecule has 0 nitrogen and oxygen atoms in total. The normalized spacial score (nSPS) is 23.9. The molecule has 0 N–H and O–H groups in total. The molecule has 0 bridgehead atoms. The smallest absolute Gasteiger partial charge is 0.0221 e. The lowest BCUT2D eigenvalue weighted by molar-refractivity contribution is 0.628. The molecule has 68 valence electrons. The summed E-state index contributed by atoms with van der Waals surface area (Å²) in [6, 6.07) is 0. The second-order valence-corrected chi connectivity index (χ2v) is 4.39. The molecule has 0 aliphatic heterocycles. The van der Waals surface area contributed by atoms with Crippen molar-refractivity contribution in [1.82, 2.24) is 0 Å². The van der Waals surface area contributed by atoms with Crippen molar-refractivity contribution in [2.45, 2.75) is 40.5 Å². The monoisotopic (exact) mass is 164 g/mol. The maximum atomic E-state index is 2.42. The van der Waals surface area contributed by atoms with Crippen LogP contribution in [-0.4, -0.2) is 0 Å². The van der Waals surface area contributed by atoms with Gasteiger partial charge in [-0.2, -0.15) is 0 Å². The van der Waals surface area contributed by atoms with E-state index in [4.69, 9.17) is 0 Å². The fourth-order valence-corrected chi connectivity index (χ4v) is 1.78. The van der Waals surface area contributed by atoms with Crippen LogP contribution in [0.3, 0.4) is 0 Å². The van der Waals surface area contributed by atoms with Crippen LogP contribution in [0.5, 0.6) is 0 Å². The molecule has 0 heterocycles. The highest BCUT2D eigenvalue weighted by atomic mass is 14.2. The largest absolute Gasteiger partial charge is 0.0805 e. The minimum atomic E-state index is 0.751. The Hall–Kier alpha value is -0.520. The number of hydrogen-bond donors (Lipinski definition) is 0. The van der Waals surface area contributed by atoms with Gasteiger partial charge in [-0.1, -0.05) is 38.5 Å². The molecule has 1 atom stereocenters. The van der Waals surface area contributed by atoms with E-state index in [0.717, 1.165) is 11.8 Å². The van der Waals surface area contributed by atoms with Crippen LogP contribution in [0, 0.1) is 11.8 Å². The van der Waals surface area contributed by atoms with Crippen molar-refractivity contribution in [3.05, 3.63) is 23.3 Å². The van der Waals surface area contributed by atoms with Crippen molar-refractivity contribution in [3.63, 3.8) is 0 Å². The van der Waals surface area contributed by atoms with E-state index < -0.39 is 0 Å². The first-order valence-corrected chi connectivity index (χ1v) is 4.97. The van der Waals surface area contributed by atoms with Crippen LogP contribution in [-0.2, 0) is 0 Å². The Labute approximate surface area is 76.4 Å². The summed E-state index contributed by atoms with van der Waals surface area (Å²) in [7, 11) is 0. The van der Waals surface area contributed by atoms with Gasteiger partial charge in [0.25, 0.3) is 0 Å². The van der Waals surface area contributed by atoms with Gasteiger partial charge in [-0.15, -0.1) is 0 Å². The molecule has 1 unspecified atom stereocenters. The summed E-state index contributed by atoms with van der Waals surface area (Å²) < 4.78 is 0. The number of rotatable bonds is 2. The van der Waals surface area contributed by atoms with Gasteiger partial charge >= 0.3 is 0 Å². The minimum Gasteiger partial charge on any atom is -0.0805 e. The Morgan fingerprint density at radius 1 is 1.50 bits per heavy atom. The van der Waals surface area contributed by atoms with Crippen LogP contribution in [0.15, 0.2) is 23.3 Å². The molecule has 1 aliphatic rings. The molecule has 1 rings (SSSR count). The summed E-state index contributed by atoms with van der Waals surface area (Å²) >= 11 is 0. The fourth-order valence-electron chi connectivity index (χ4n) is 1.78. The van der Waals surface area contributed by atoms with Gasteiger partial charge < -0.3 is 0 Å². The molecule has 0 saturated carbocycles. The lowest BCUT2D eigenvalue weighted by atomic mass is 9.88. The molecule has 0 amide bonds. The molecule has 0 saturated heterocycles. The van der Waals surface area contributed by atoms with Crippen LogP contribution >= 0.6 is 0 Å². The van der Waals surface area contributed by atoms with E-state index in [9.17, 15) is 0 Å². The summed E-state index contributed by atoms with van der Waals surface area (Å²) in [5.41, 5.74) is 3.07. The van der Waals surface area contributed by atoms with Gasteiger partial charge in [-0.3, -0.25) is 0 Å². The lowest BCUT2D eigenvalue weighted by Gasteiger charge is -2.18. The van der Waals surface area contributed by atoms with Crippen LogP contribution in [0.4, 0.5) is 0 Å². The third kappa shape index (κ3) is 2.51. The molecule has 0 aromatic heterocycles. The molecular formula is C12H20. The molecule has 0 aromatic carbocycles. The molecule has 0 aromatic rings. The third-order valence-corrected chi connectivity index (χ3v) is 2.41. The van der Waals surface area contributed by atoms with E-state index in [-0.39, 0.29) is 0 Å². The highest BCUT2D eigenvalue weighted by molar-refractivity contribution is 5.32. The van der Waals surface area contributed by atoms with E-state index in [1.165, 1.54) is 18.4 Å². The van der Waals surface area contributed by atoms with Crippen molar-refractivity contribution >= 4 is 0 Å². The average Bonchev–Trinajstić information content (AvgIpc) is 1.94. The Morgan fingerprint density at radius 3 is 2.67 bits per heavy atom. The topological polar surface area (TPSA) is 0 Å². The highest BCUT2D eigenvalue weighted by Gasteiger charge is 2.09. The van der Waals surface area contributed by atoms with E-state index in [0.29, 0.717) is 0 Å². The van der Waals surface area contributed by atoms with Gasteiger partial charge in [-0.25, -0.2) is 0 Å². The molecule has 0 spiro atoms. The summed E-state index contributed by atoms with van der Waals surface area (Å²) in [6.45, 7) is 9.09. The maximum Gasteiger partial charge on any atom is -0.0221 e. The quantitative estimate of drug-likeness (QED) is 0.580. The SMILES string of the molecule is CC1=CC(C)CC=C1CC(C)C. The summed E-state index contributed by atoms with van der Waals surface area (Å²) in [6.07, 6.45) is 7.30. The zero-order valence-electron chi connectivity index (χ0n) is 8.72. The highest BCUT2D eigenvalue weighted by Crippen LogP contribution is 2.26. The van der Waals surface area contributed by atoms with Crippen molar-refractivity contribution in [2.24, 2.45) is 11.8 Å². The lowest BCUT2D eigenvalue weighted by Crippen LogP contribution is -2.01. The zero-order chi connectivity index (χ0) is 9.14. The summed E-state index contributed by atoms with van der Waals surface area (Å²) in [5.74, 6) is 1.54. The molecular weight excluding hydrogens is 144 g/mol. The first-order valence-electron chi connectivity index (χ1n) is 4.97. The predicted molar refractivity (Wildman–Crippen MR) is 55.1 cm³/mol. The zero-order valence-corrected chi connectivity index (χ0v) is 8.72. The Bertz CT molecular complexity index is 206. The molecule has 1 aliphatic carbocycles. The van der Waals surface area contributed by atoms with E-state index in [2.05, 4.69) is 39.8 Å². The predicted octanol–water partition coefficient (Wildman–Crippen LogP) is 3.95. The summed E-state index contributed by atoms with van der Waals surface area (Å²) in [4.78, 5) is 0. The van der Waals surface area contributed by atoms with Crippen LogP contribution in [0.1, 0.15) is 40.5 Å². The number of allylic oxidation sites excluding steroid dienone is 4. The van der Waals surface area contributed by atoms with E-state index in [1.54, 1.807) is 5.57 Å². The van der Waals surface area contributed by atoms with Crippen molar-refractivity contribution in [1.29, 1.82) is 0 Å². The first kappa shape index (κ1) is 9.57. The van der Waals surface area contributed by atoms with E-state index in [1.807, 2.05) is 0 Å². The average molecular weight is 164 g/mol. The van der Waals surface area contributed by atoms with Crippen molar-refractivity contribution < 1.29 is 0 Å². The van der Waals surface area contributed by atoms with Crippen LogP contribution in [0.2, 0.25) is 0 Å². The van der Waals surface area contributed by atoms with E-state index >= 15 is 0 Å². The second kappa shape index (κ2) is 3.93. The number of hydrogen-bond acceptors (Lipinski definition) is 0. The van der Waals surface area contributed by atoms with Crippen molar-refractivity contribution in [2.75, 3.05) is 0 Å². The standard InChI is InChI=1S/C12H20/c1-9(2)7-12-6-5-10(3)8-11(12)4/h6,8-10H,5,7H2,1-4H3. The Balaban J connectivity index is 2.61. The molecule has 0 fully saturated rings. The third-order valence-electron chi connectivity index (χ3n) is 2.41. The molecule has 0 heteroatoms. The second-order valence-electron chi connectivity index (χ2n) is 4.39. The van der Waals surface area contributed by atoms with Gasteiger partial charge in [0, 0.05) is 0 Å². The van der Waals surface area contributed by atoms with Crippen LogP contribution in [0.25, 0.3) is 0 Å². The molecule has 12 heavy (non-hydrogen) atoms. The van der Waals surface area contributed by atoms with Gasteiger partial charge in [-0.05, 0) is 37.2 Å². The van der Waals surface area contributed by atoms with Gasteiger partial charge in [0.2, 0.25) is 0 Å². The van der Waals surface area contributed by atoms with Crippen molar-refractivity contribution in [3.8, 4) is 0 Å². The first-order chi connectivity index (χ1) is 5.59. The Kier molecular flexibility index (Phi) is 3.13. The van der Waals surface area contributed by atoms with Crippen LogP contribution < -0.4 is 0 Å². The minimum absolute atomic E-state index is 0.751. The van der Waals surface area contributed by atoms with Gasteiger partial charge in [0.15, 0.2) is 0 Å². The maximum absolute atomic E-state index is 2.42. The molecule has 0 radical (unpaired) electrons. The van der Waals surface area contributed by atoms with Gasteiger partial charge in [0.05, 0.1) is 0 Å².